The van der Waals surface area contributed by atoms with Gasteiger partial charge in [-0.05, 0) is 45.6 Å². The smallest absolute Gasteiger partial charge is 0.191 e. The minimum Gasteiger partial charge on any atom is -0.355 e. The fourth-order valence-electron chi connectivity index (χ4n) is 3.44. The molecule has 1 aliphatic heterocycles. The molecule has 5 nitrogen and oxygen atoms in total. The Bertz CT molecular complexity index is 500. The third kappa shape index (κ3) is 5.21. The summed E-state index contributed by atoms with van der Waals surface area (Å²) in [4.78, 5) is 9.17. The first-order chi connectivity index (χ1) is 11.7. The highest BCUT2D eigenvalue weighted by molar-refractivity contribution is 5.79. The van der Waals surface area contributed by atoms with Gasteiger partial charge in [0.25, 0.3) is 0 Å². The van der Waals surface area contributed by atoms with Gasteiger partial charge in [0.2, 0.25) is 0 Å². The summed E-state index contributed by atoms with van der Waals surface area (Å²) >= 11 is 0. The van der Waals surface area contributed by atoms with E-state index in [1.807, 2.05) is 7.05 Å². The number of hydrogen-bond donors (Lipinski definition) is 2. The third-order valence-electron chi connectivity index (χ3n) is 4.90. The van der Waals surface area contributed by atoms with Gasteiger partial charge in [-0.3, -0.25) is 9.89 Å². The standard InChI is InChI=1S/C19H33N5/c1-5-24-13-9-12-17(24)14-21-19(20-2)22-15-18(23(3)4)16-10-7-6-8-11-16/h6-8,10-11,17-18H,5,9,12-15H2,1-4H3,(H2,20,21,22). The normalized spacial score (nSPS) is 20.4. The highest BCUT2D eigenvalue weighted by Crippen LogP contribution is 2.17. The van der Waals surface area contributed by atoms with Crippen LogP contribution >= 0.6 is 0 Å². The largest absolute Gasteiger partial charge is 0.355 e. The maximum Gasteiger partial charge on any atom is 0.191 e. The molecule has 0 amide bonds. The number of aliphatic imine (C=N–C) groups is 1. The van der Waals surface area contributed by atoms with Crippen molar-refractivity contribution in [2.75, 3.05) is 47.3 Å². The summed E-state index contributed by atoms with van der Waals surface area (Å²) in [5.74, 6) is 0.890. The Balaban J connectivity index is 1.85. The van der Waals surface area contributed by atoms with Crippen LogP contribution in [-0.4, -0.2) is 69.1 Å². The highest BCUT2D eigenvalue weighted by Gasteiger charge is 2.23. The second kappa shape index (κ2) is 9.64. The van der Waals surface area contributed by atoms with Gasteiger partial charge in [-0.15, -0.1) is 0 Å². The summed E-state index contributed by atoms with van der Waals surface area (Å²) in [6.07, 6.45) is 2.59. The van der Waals surface area contributed by atoms with Gasteiger partial charge in [0.1, 0.15) is 0 Å². The molecule has 134 valence electrons. The first-order valence-corrected chi connectivity index (χ1v) is 9.05. The van der Waals surface area contributed by atoms with Crippen LogP contribution in [0.4, 0.5) is 0 Å². The maximum atomic E-state index is 4.38. The van der Waals surface area contributed by atoms with E-state index in [9.17, 15) is 0 Å². The van der Waals surface area contributed by atoms with Crippen molar-refractivity contribution in [2.24, 2.45) is 4.99 Å². The lowest BCUT2D eigenvalue weighted by molar-refractivity contribution is 0.266. The number of nitrogens with zero attached hydrogens (tertiary/aromatic N) is 3. The van der Waals surface area contributed by atoms with Crippen LogP contribution in [0.2, 0.25) is 0 Å². The quantitative estimate of drug-likeness (QED) is 0.592. The van der Waals surface area contributed by atoms with E-state index in [-0.39, 0.29) is 0 Å². The Morgan fingerprint density at radius 1 is 1.29 bits per heavy atom. The monoisotopic (exact) mass is 331 g/mol. The number of nitrogens with one attached hydrogen (secondary N) is 2. The molecule has 1 heterocycles. The molecule has 2 N–H and O–H groups in total. The Morgan fingerprint density at radius 2 is 2.04 bits per heavy atom. The first-order valence-electron chi connectivity index (χ1n) is 9.05. The lowest BCUT2D eigenvalue weighted by Crippen LogP contribution is -2.46. The SMILES string of the molecule is CCN1CCCC1CNC(=NC)NCC(c1ccccc1)N(C)C. The Kier molecular flexibility index (Phi) is 7.53. The molecule has 0 saturated carbocycles. The maximum absolute atomic E-state index is 4.38. The second-order valence-electron chi connectivity index (χ2n) is 6.65. The average molecular weight is 332 g/mol. The summed E-state index contributed by atoms with van der Waals surface area (Å²) in [5, 5.41) is 6.98. The van der Waals surface area contributed by atoms with E-state index < -0.39 is 0 Å². The molecule has 2 unspecified atom stereocenters. The number of likely N-dealkylation sites (tertiary alicyclic amines) is 1. The second-order valence-corrected chi connectivity index (χ2v) is 6.65. The molecule has 0 aromatic heterocycles. The zero-order chi connectivity index (χ0) is 17.4. The van der Waals surface area contributed by atoms with Gasteiger partial charge in [-0.1, -0.05) is 37.3 Å². The van der Waals surface area contributed by atoms with Gasteiger partial charge < -0.3 is 15.5 Å². The molecule has 0 spiro atoms. The molecular formula is C19H33N5. The van der Waals surface area contributed by atoms with Crippen molar-refractivity contribution in [3.8, 4) is 0 Å². The predicted molar refractivity (Wildman–Crippen MR) is 103 cm³/mol. The van der Waals surface area contributed by atoms with Crippen molar-refractivity contribution >= 4 is 5.96 Å². The molecule has 2 rings (SSSR count). The molecule has 1 aliphatic rings. The lowest BCUT2D eigenvalue weighted by atomic mass is 10.1. The summed E-state index contributed by atoms with van der Waals surface area (Å²) in [7, 11) is 6.08. The Morgan fingerprint density at radius 3 is 2.67 bits per heavy atom. The van der Waals surface area contributed by atoms with E-state index >= 15 is 0 Å². The predicted octanol–water partition coefficient (Wildman–Crippen LogP) is 1.94. The van der Waals surface area contributed by atoms with Crippen molar-refractivity contribution in [3.05, 3.63) is 35.9 Å². The van der Waals surface area contributed by atoms with Crippen LogP contribution in [0, 0.1) is 0 Å². The third-order valence-corrected chi connectivity index (χ3v) is 4.90. The van der Waals surface area contributed by atoms with Gasteiger partial charge in [-0.2, -0.15) is 0 Å². The number of benzene rings is 1. The molecule has 0 aliphatic carbocycles. The summed E-state index contributed by atoms with van der Waals surface area (Å²) in [6.45, 7) is 6.40. The minimum absolute atomic E-state index is 0.323. The summed E-state index contributed by atoms with van der Waals surface area (Å²) < 4.78 is 0. The van der Waals surface area contributed by atoms with Gasteiger partial charge in [0, 0.05) is 26.2 Å². The molecule has 1 saturated heterocycles. The van der Waals surface area contributed by atoms with Gasteiger partial charge in [0.15, 0.2) is 5.96 Å². The Hall–Kier alpha value is -1.59. The molecule has 5 heteroatoms. The zero-order valence-corrected chi connectivity index (χ0v) is 15.6. The molecular weight excluding hydrogens is 298 g/mol. The topological polar surface area (TPSA) is 42.9 Å². The fourth-order valence-corrected chi connectivity index (χ4v) is 3.44. The van der Waals surface area contributed by atoms with Crippen molar-refractivity contribution in [3.63, 3.8) is 0 Å². The van der Waals surface area contributed by atoms with Crippen LogP contribution in [0.3, 0.4) is 0 Å². The molecule has 1 aromatic carbocycles. The van der Waals surface area contributed by atoms with Crippen LogP contribution in [0.25, 0.3) is 0 Å². The average Bonchev–Trinajstić information content (AvgIpc) is 3.06. The van der Waals surface area contributed by atoms with E-state index in [0.29, 0.717) is 12.1 Å². The molecule has 1 fully saturated rings. The van der Waals surface area contributed by atoms with E-state index in [1.54, 1.807) is 0 Å². The number of likely N-dealkylation sites (N-methyl/N-ethyl adjacent to an activating group) is 2. The van der Waals surface area contributed by atoms with Gasteiger partial charge in [0.05, 0.1) is 6.04 Å². The first kappa shape index (κ1) is 18.7. The van der Waals surface area contributed by atoms with Gasteiger partial charge >= 0.3 is 0 Å². The van der Waals surface area contributed by atoms with E-state index in [2.05, 4.69) is 76.8 Å². The molecule has 0 radical (unpaired) electrons. The molecule has 2 atom stereocenters. The van der Waals surface area contributed by atoms with Crippen LogP contribution < -0.4 is 10.6 Å². The summed E-state index contributed by atoms with van der Waals surface area (Å²) in [6, 6.07) is 11.6. The zero-order valence-electron chi connectivity index (χ0n) is 15.6. The van der Waals surface area contributed by atoms with Crippen molar-refractivity contribution in [1.82, 2.24) is 20.4 Å². The van der Waals surface area contributed by atoms with Crippen LogP contribution in [-0.2, 0) is 0 Å². The fraction of sp³-hybridized carbons (Fsp3) is 0.632. The van der Waals surface area contributed by atoms with Crippen LogP contribution in [0.1, 0.15) is 31.4 Å². The van der Waals surface area contributed by atoms with Gasteiger partial charge in [-0.25, -0.2) is 0 Å². The van der Waals surface area contributed by atoms with Crippen molar-refractivity contribution < 1.29 is 0 Å². The minimum atomic E-state index is 0.323. The molecule has 0 bridgehead atoms. The number of rotatable bonds is 7. The van der Waals surface area contributed by atoms with E-state index in [0.717, 1.165) is 25.6 Å². The van der Waals surface area contributed by atoms with Crippen molar-refractivity contribution in [2.45, 2.75) is 31.8 Å². The van der Waals surface area contributed by atoms with Crippen molar-refractivity contribution in [1.29, 1.82) is 0 Å². The van der Waals surface area contributed by atoms with Crippen LogP contribution in [0.5, 0.6) is 0 Å². The van der Waals surface area contributed by atoms with E-state index in [4.69, 9.17) is 0 Å². The molecule has 24 heavy (non-hydrogen) atoms. The van der Waals surface area contributed by atoms with E-state index in [1.165, 1.54) is 24.9 Å². The highest BCUT2D eigenvalue weighted by atomic mass is 15.2. The van der Waals surface area contributed by atoms with Crippen LogP contribution in [0.15, 0.2) is 35.3 Å². The number of hydrogen-bond acceptors (Lipinski definition) is 3. The Labute approximate surface area is 147 Å². The summed E-state index contributed by atoms with van der Waals surface area (Å²) in [5.41, 5.74) is 1.32. The number of guanidine groups is 1. The molecule has 1 aromatic rings. The lowest BCUT2D eigenvalue weighted by Gasteiger charge is -2.27.